The predicted molar refractivity (Wildman–Crippen MR) is 125 cm³/mol. The van der Waals surface area contributed by atoms with E-state index < -0.39 is 11.4 Å². The van der Waals surface area contributed by atoms with Crippen molar-refractivity contribution in [3.8, 4) is 0 Å². The van der Waals surface area contributed by atoms with Gasteiger partial charge >= 0.3 is 0 Å². The maximum absolute atomic E-state index is 12.2. The van der Waals surface area contributed by atoms with Crippen molar-refractivity contribution < 1.29 is 24.8 Å². The number of hydrogen-bond donors (Lipinski definition) is 3. The molecule has 0 bridgehead atoms. The number of ether oxygens (including phenoxy) is 2. The highest BCUT2D eigenvalue weighted by molar-refractivity contribution is 5.22. The fourth-order valence-corrected chi connectivity index (χ4v) is 10.7. The molecule has 3 N–H and O–H groups in total. The Labute approximate surface area is 199 Å². The minimum Gasteiger partial charge on any atom is -0.393 e. The maximum Gasteiger partial charge on any atom is 0.198 e. The summed E-state index contributed by atoms with van der Waals surface area (Å²) in [5.41, 5.74) is -1.45. The molecular weight excluding hydrogens is 416 g/mol. The van der Waals surface area contributed by atoms with Gasteiger partial charge in [0.1, 0.15) is 5.60 Å². The number of rotatable bonds is 0. The van der Waals surface area contributed by atoms with Crippen LogP contribution in [0.3, 0.4) is 0 Å². The zero-order chi connectivity index (χ0) is 23.8. The van der Waals surface area contributed by atoms with Crippen molar-refractivity contribution in [1.82, 2.24) is 0 Å². The van der Waals surface area contributed by atoms with E-state index in [4.69, 9.17) is 9.47 Å². The van der Waals surface area contributed by atoms with E-state index in [-0.39, 0.29) is 40.7 Å². The van der Waals surface area contributed by atoms with Gasteiger partial charge in [-0.25, -0.2) is 0 Å². The lowest BCUT2D eigenvalue weighted by Gasteiger charge is -2.63. The van der Waals surface area contributed by atoms with Gasteiger partial charge in [-0.1, -0.05) is 20.8 Å². The van der Waals surface area contributed by atoms with Crippen LogP contribution in [0.4, 0.5) is 0 Å². The van der Waals surface area contributed by atoms with Crippen LogP contribution in [0.1, 0.15) is 92.9 Å². The van der Waals surface area contributed by atoms with E-state index in [9.17, 15) is 15.3 Å². The van der Waals surface area contributed by atoms with E-state index in [1.54, 1.807) is 0 Å². The van der Waals surface area contributed by atoms with Crippen LogP contribution in [0.2, 0.25) is 0 Å². The predicted octanol–water partition coefficient (Wildman–Crippen LogP) is 4.27. The summed E-state index contributed by atoms with van der Waals surface area (Å²) < 4.78 is 13.3. The summed E-state index contributed by atoms with van der Waals surface area (Å²) >= 11 is 0. The van der Waals surface area contributed by atoms with Gasteiger partial charge < -0.3 is 24.8 Å². The smallest absolute Gasteiger partial charge is 0.198 e. The third-order valence-corrected chi connectivity index (χ3v) is 12.5. The molecule has 0 amide bonds. The summed E-state index contributed by atoms with van der Waals surface area (Å²) in [4.78, 5) is 0. The van der Waals surface area contributed by atoms with Crippen LogP contribution in [0, 0.1) is 46.3 Å². The summed E-state index contributed by atoms with van der Waals surface area (Å²) in [6.07, 6.45) is 6.94. The molecule has 4 saturated carbocycles. The molecule has 6 fully saturated rings. The van der Waals surface area contributed by atoms with Gasteiger partial charge in [0.05, 0.1) is 23.9 Å². The monoisotopic (exact) mass is 462 g/mol. The Morgan fingerprint density at radius 2 is 1.61 bits per heavy atom. The highest BCUT2D eigenvalue weighted by Gasteiger charge is 2.77. The van der Waals surface area contributed by atoms with E-state index in [0.717, 1.165) is 51.4 Å². The first kappa shape index (κ1) is 23.2. The van der Waals surface area contributed by atoms with Gasteiger partial charge in [0.25, 0.3) is 0 Å². The lowest BCUT2D eigenvalue weighted by molar-refractivity contribution is -0.300. The molecular formula is C28H46O5. The van der Waals surface area contributed by atoms with Gasteiger partial charge in [0.15, 0.2) is 5.79 Å². The average molecular weight is 463 g/mol. The molecule has 2 aliphatic heterocycles. The van der Waals surface area contributed by atoms with Crippen molar-refractivity contribution in [2.24, 2.45) is 46.3 Å². The third-order valence-electron chi connectivity index (χ3n) is 12.5. The Morgan fingerprint density at radius 3 is 2.27 bits per heavy atom. The van der Waals surface area contributed by atoms with Gasteiger partial charge in [-0.3, -0.25) is 0 Å². The molecule has 33 heavy (non-hydrogen) atoms. The lowest BCUT2D eigenvalue weighted by atomic mass is 9.43. The zero-order valence-corrected chi connectivity index (χ0v) is 21.5. The summed E-state index contributed by atoms with van der Waals surface area (Å²) in [5.74, 6) is 1.08. The molecule has 0 radical (unpaired) electrons. The number of aliphatic hydroxyl groups is 3. The second-order valence-corrected chi connectivity index (χ2v) is 14.4. The highest BCUT2D eigenvalue weighted by atomic mass is 16.7. The molecule has 0 aromatic heterocycles. The van der Waals surface area contributed by atoms with E-state index in [1.807, 2.05) is 6.92 Å². The zero-order valence-electron chi connectivity index (χ0n) is 21.5. The first-order valence-corrected chi connectivity index (χ1v) is 13.7. The first-order valence-electron chi connectivity index (χ1n) is 13.7. The average Bonchev–Trinajstić information content (AvgIpc) is 3.20. The van der Waals surface area contributed by atoms with Gasteiger partial charge in [0, 0.05) is 12.3 Å². The molecule has 188 valence electrons. The molecule has 5 heteroatoms. The molecule has 6 rings (SSSR count). The van der Waals surface area contributed by atoms with Crippen molar-refractivity contribution in [2.45, 2.75) is 128 Å². The van der Waals surface area contributed by atoms with Crippen LogP contribution in [0.25, 0.3) is 0 Å². The van der Waals surface area contributed by atoms with E-state index in [2.05, 4.69) is 34.6 Å². The molecule has 1 spiro atoms. The van der Waals surface area contributed by atoms with Crippen LogP contribution >= 0.6 is 0 Å². The minimum atomic E-state index is -1.08. The molecule has 2 saturated heterocycles. The standard InChI is InChI=1S/C28H46O5/c1-15-13-28(33-24(15,2)3)27(6,31)23-21(32-28)12-19-18-8-7-16-11-17(29)9-10-25(16,4)22(18)20(30)14-26(19,23)5/h15-23,29-31H,7-14H2,1-6H3/t15-,16?,17-,18+,19+,20+,21+,22-,23+,25+,26+,27-,28-/m1/s1. The van der Waals surface area contributed by atoms with Crippen molar-refractivity contribution in [2.75, 3.05) is 0 Å². The molecule has 1 unspecified atom stereocenters. The van der Waals surface area contributed by atoms with Gasteiger partial charge in [-0.15, -0.1) is 0 Å². The Morgan fingerprint density at radius 1 is 0.879 bits per heavy atom. The minimum absolute atomic E-state index is 0.0132. The molecule has 4 aliphatic carbocycles. The Bertz CT molecular complexity index is 825. The van der Waals surface area contributed by atoms with Crippen molar-refractivity contribution in [3.05, 3.63) is 0 Å². The van der Waals surface area contributed by atoms with Crippen LogP contribution in [-0.2, 0) is 9.47 Å². The fraction of sp³-hybridized carbons (Fsp3) is 1.00. The largest absolute Gasteiger partial charge is 0.393 e. The number of fused-ring (bicyclic) bond motifs is 7. The summed E-state index contributed by atoms with van der Waals surface area (Å²) in [7, 11) is 0. The Hall–Kier alpha value is -0.200. The van der Waals surface area contributed by atoms with Crippen molar-refractivity contribution in [3.63, 3.8) is 0 Å². The topological polar surface area (TPSA) is 79.2 Å². The van der Waals surface area contributed by atoms with Crippen LogP contribution in [0.15, 0.2) is 0 Å². The number of aliphatic hydroxyl groups excluding tert-OH is 2. The summed E-state index contributed by atoms with van der Waals surface area (Å²) in [5, 5.41) is 34.2. The third kappa shape index (κ3) is 2.78. The molecule has 2 heterocycles. The van der Waals surface area contributed by atoms with Crippen LogP contribution in [-0.4, -0.2) is 50.6 Å². The van der Waals surface area contributed by atoms with Crippen molar-refractivity contribution >= 4 is 0 Å². The Kier molecular flexibility index (Phi) is 4.76. The van der Waals surface area contributed by atoms with E-state index in [1.165, 1.54) is 0 Å². The number of hydrogen-bond acceptors (Lipinski definition) is 5. The molecule has 6 aliphatic rings. The molecule has 13 atom stereocenters. The molecule has 0 aromatic carbocycles. The van der Waals surface area contributed by atoms with Gasteiger partial charge in [-0.05, 0) is 106 Å². The normalized spacial score (nSPS) is 63.7. The summed E-state index contributed by atoms with van der Waals surface area (Å²) in [6, 6.07) is 0. The molecule has 5 nitrogen and oxygen atoms in total. The highest BCUT2D eigenvalue weighted by Crippen LogP contribution is 2.72. The SMILES string of the molecule is C[C@@H]1C[C@@]2(O[C@H]3C[C@H]4[C@@H]5CCC6C[C@H](O)CC[C@]6(C)[C@H]5[C@@H](O)C[C@]4(C)[C@H]3[C@@]2(C)O)OC1(C)C. The van der Waals surface area contributed by atoms with Gasteiger partial charge in [0.2, 0.25) is 0 Å². The van der Waals surface area contributed by atoms with Crippen LogP contribution in [0.5, 0.6) is 0 Å². The van der Waals surface area contributed by atoms with Gasteiger partial charge in [-0.2, -0.15) is 0 Å². The molecule has 0 aromatic rings. The van der Waals surface area contributed by atoms with Crippen LogP contribution < -0.4 is 0 Å². The lowest BCUT2D eigenvalue weighted by Crippen LogP contribution is -2.62. The van der Waals surface area contributed by atoms with Crippen molar-refractivity contribution in [1.29, 1.82) is 0 Å². The second-order valence-electron chi connectivity index (χ2n) is 14.4. The fourth-order valence-electron chi connectivity index (χ4n) is 10.7. The Balaban J connectivity index is 1.34. The van der Waals surface area contributed by atoms with E-state index in [0.29, 0.717) is 29.6 Å². The first-order chi connectivity index (χ1) is 15.3. The second kappa shape index (κ2) is 6.76. The quantitative estimate of drug-likeness (QED) is 0.501. The maximum atomic E-state index is 12.2. The summed E-state index contributed by atoms with van der Waals surface area (Å²) in [6.45, 7) is 13.1. The van der Waals surface area contributed by atoms with E-state index >= 15 is 0 Å².